The van der Waals surface area contributed by atoms with Crippen LogP contribution in [0.5, 0.6) is 0 Å². The first-order valence-corrected chi connectivity index (χ1v) is 3.56. The molecule has 1 aliphatic carbocycles. The Bertz CT molecular complexity index is 172. The molecular formula is C8H12O2. The van der Waals surface area contributed by atoms with E-state index in [1.54, 1.807) is 0 Å². The summed E-state index contributed by atoms with van der Waals surface area (Å²) in [5.41, 5.74) is -0.510. The first-order valence-electron chi connectivity index (χ1n) is 3.56. The van der Waals surface area contributed by atoms with Crippen LogP contribution in [0.1, 0.15) is 20.3 Å². The third-order valence-electron chi connectivity index (χ3n) is 1.61. The molecule has 0 saturated heterocycles. The SMILES string of the molecule is CC=CC1(OCC)CC1=O. The lowest BCUT2D eigenvalue weighted by Crippen LogP contribution is -2.13. The number of rotatable bonds is 3. The fourth-order valence-corrected chi connectivity index (χ4v) is 1.05. The molecule has 0 bridgehead atoms. The number of ketones is 1. The topological polar surface area (TPSA) is 26.3 Å². The van der Waals surface area contributed by atoms with Crippen molar-refractivity contribution in [1.29, 1.82) is 0 Å². The summed E-state index contributed by atoms with van der Waals surface area (Å²) in [4.78, 5) is 10.8. The number of carbonyl (C=O) groups is 1. The highest BCUT2D eigenvalue weighted by molar-refractivity contribution is 6.06. The molecule has 1 fully saturated rings. The highest BCUT2D eigenvalue weighted by atomic mass is 16.5. The Hall–Kier alpha value is -0.630. The van der Waals surface area contributed by atoms with Gasteiger partial charge in [-0.2, -0.15) is 0 Å². The summed E-state index contributed by atoms with van der Waals surface area (Å²) in [6.45, 7) is 4.40. The molecular weight excluding hydrogens is 128 g/mol. The fourth-order valence-electron chi connectivity index (χ4n) is 1.05. The molecule has 0 N–H and O–H groups in total. The minimum Gasteiger partial charge on any atom is -0.363 e. The quantitative estimate of drug-likeness (QED) is 0.552. The molecule has 0 aromatic heterocycles. The molecule has 10 heavy (non-hydrogen) atoms. The van der Waals surface area contributed by atoms with Crippen molar-refractivity contribution in [2.45, 2.75) is 25.9 Å². The molecule has 0 radical (unpaired) electrons. The van der Waals surface area contributed by atoms with Gasteiger partial charge in [-0.25, -0.2) is 0 Å². The largest absolute Gasteiger partial charge is 0.363 e. The van der Waals surface area contributed by atoms with Crippen molar-refractivity contribution in [3.8, 4) is 0 Å². The highest BCUT2D eigenvalue weighted by Crippen LogP contribution is 2.36. The highest BCUT2D eigenvalue weighted by Gasteiger charge is 2.52. The Kier molecular flexibility index (Phi) is 1.90. The number of ether oxygens (including phenoxy) is 1. The van der Waals surface area contributed by atoms with Crippen LogP contribution in [0.2, 0.25) is 0 Å². The lowest BCUT2D eigenvalue weighted by atomic mass is 10.3. The normalized spacial score (nSPS) is 31.6. The van der Waals surface area contributed by atoms with Crippen molar-refractivity contribution in [2.24, 2.45) is 0 Å². The minimum absolute atomic E-state index is 0.201. The number of carbonyl (C=O) groups excluding carboxylic acids is 1. The second-order valence-electron chi connectivity index (χ2n) is 2.42. The zero-order chi connectivity index (χ0) is 7.61. The van der Waals surface area contributed by atoms with Gasteiger partial charge in [0.1, 0.15) is 0 Å². The first kappa shape index (κ1) is 7.48. The summed E-state index contributed by atoms with van der Waals surface area (Å²) in [6.07, 6.45) is 4.25. The van der Waals surface area contributed by atoms with Crippen molar-refractivity contribution >= 4 is 5.78 Å². The monoisotopic (exact) mass is 140 g/mol. The molecule has 1 atom stereocenters. The van der Waals surface area contributed by atoms with Crippen molar-refractivity contribution in [3.63, 3.8) is 0 Å². The van der Waals surface area contributed by atoms with E-state index < -0.39 is 5.60 Å². The van der Waals surface area contributed by atoms with Crippen LogP contribution in [0, 0.1) is 0 Å². The standard InChI is InChI=1S/C8H12O2/c1-3-5-8(10-4-2)6-7(8)9/h3,5H,4,6H2,1-2H3. The maximum absolute atomic E-state index is 10.8. The second-order valence-corrected chi connectivity index (χ2v) is 2.42. The van der Waals surface area contributed by atoms with Crippen molar-refractivity contribution in [1.82, 2.24) is 0 Å². The van der Waals surface area contributed by atoms with E-state index in [-0.39, 0.29) is 5.78 Å². The zero-order valence-electron chi connectivity index (χ0n) is 6.39. The smallest absolute Gasteiger partial charge is 0.172 e. The minimum atomic E-state index is -0.510. The summed E-state index contributed by atoms with van der Waals surface area (Å²) in [7, 11) is 0. The van der Waals surface area contributed by atoms with E-state index in [0.29, 0.717) is 13.0 Å². The molecule has 1 saturated carbocycles. The molecule has 0 aliphatic heterocycles. The van der Waals surface area contributed by atoms with E-state index in [0.717, 1.165) is 0 Å². The Balaban J connectivity index is 2.54. The molecule has 2 heteroatoms. The van der Waals surface area contributed by atoms with E-state index in [2.05, 4.69) is 0 Å². The van der Waals surface area contributed by atoms with Gasteiger partial charge in [0, 0.05) is 13.0 Å². The van der Waals surface area contributed by atoms with Crippen molar-refractivity contribution in [2.75, 3.05) is 6.61 Å². The Morgan fingerprint density at radius 1 is 1.80 bits per heavy atom. The molecule has 2 nitrogen and oxygen atoms in total. The van der Waals surface area contributed by atoms with Gasteiger partial charge < -0.3 is 4.74 Å². The van der Waals surface area contributed by atoms with Gasteiger partial charge in [-0.1, -0.05) is 6.08 Å². The van der Waals surface area contributed by atoms with Crippen LogP contribution in [-0.4, -0.2) is 18.0 Å². The van der Waals surface area contributed by atoms with Gasteiger partial charge in [-0.15, -0.1) is 0 Å². The lowest BCUT2D eigenvalue weighted by Gasteiger charge is -2.05. The van der Waals surface area contributed by atoms with Crippen LogP contribution in [-0.2, 0) is 9.53 Å². The molecule has 0 spiro atoms. The van der Waals surface area contributed by atoms with Gasteiger partial charge >= 0.3 is 0 Å². The van der Waals surface area contributed by atoms with Crippen LogP contribution < -0.4 is 0 Å². The van der Waals surface area contributed by atoms with Gasteiger partial charge in [0.25, 0.3) is 0 Å². The fraction of sp³-hybridized carbons (Fsp3) is 0.625. The predicted molar refractivity (Wildman–Crippen MR) is 38.8 cm³/mol. The average Bonchev–Trinajstić information content (AvgIpc) is 2.44. The summed E-state index contributed by atoms with van der Waals surface area (Å²) in [5, 5.41) is 0. The van der Waals surface area contributed by atoms with Gasteiger partial charge in [0.05, 0.1) is 0 Å². The molecule has 0 amide bonds. The molecule has 56 valence electrons. The van der Waals surface area contributed by atoms with Gasteiger partial charge in [-0.3, -0.25) is 4.79 Å². The third kappa shape index (κ3) is 1.12. The molecule has 0 aromatic carbocycles. The van der Waals surface area contributed by atoms with Crippen molar-refractivity contribution < 1.29 is 9.53 Å². The summed E-state index contributed by atoms with van der Waals surface area (Å²) < 4.78 is 5.26. The van der Waals surface area contributed by atoms with E-state index in [1.807, 2.05) is 26.0 Å². The average molecular weight is 140 g/mol. The Labute approximate surface area is 60.9 Å². The van der Waals surface area contributed by atoms with Crippen LogP contribution in [0.15, 0.2) is 12.2 Å². The van der Waals surface area contributed by atoms with E-state index in [1.165, 1.54) is 0 Å². The van der Waals surface area contributed by atoms with Crippen molar-refractivity contribution in [3.05, 3.63) is 12.2 Å². The van der Waals surface area contributed by atoms with Crippen LogP contribution in [0.25, 0.3) is 0 Å². The maximum Gasteiger partial charge on any atom is 0.172 e. The third-order valence-corrected chi connectivity index (χ3v) is 1.61. The zero-order valence-corrected chi connectivity index (χ0v) is 6.39. The number of Topliss-reactive ketones (excluding diaryl/α,β-unsaturated/α-hetero) is 1. The number of hydrogen-bond acceptors (Lipinski definition) is 2. The first-order chi connectivity index (χ1) is 4.75. The van der Waals surface area contributed by atoms with E-state index in [9.17, 15) is 4.79 Å². The summed E-state index contributed by atoms with van der Waals surface area (Å²) in [6, 6.07) is 0. The number of allylic oxidation sites excluding steroid dienone is 1. The molecule has 1 rings (SSSR count). The predicted octanol–water partition coefficient (Wildman–Crippen LogP) is 1.31. The molecule has 1 aliphatic rings. The van der Waals surface area contributed by atoms with E-state index in [4.69, 9.17) is 4.74 Å². The molecule has 1 unspecified atom stereocenters. The van der Waals surface area contributed by atoms with Crippen LogP contribution in [0.4, 0.5) is 0 Å². The Morgan fingerprint density at radius 3 is 2.70 bits per heavy atom. The number of hydrogen-bond donors (Lipinski definition) is 0. The van der Waals surface area contributed by atoms with Crippen LogP contribution in [0.3, 0.4) is 0 Å². The Morgan fingerprint density at radius 2 is 2.40 bits per heavy atom. The summed E-state index contributed by atoms with van der Waals surface area (Å²) >= 11 is 0. The van der Waals surface area contributed by atoms with Gasteiger partial charge in [0.2, 0.25) is 0 Å². The van der Waals surface area contributed by atoms with Crippen LogP contribution >= 0.6 is 0 Å². The van der Waals surface area contributed by atoms with Gasteiger partial charge in [-0.05, 0) is 19.9 Å². The maximum atomic E-state index is 10.8. The second kappa shape index (κ2) is 2.54. The van der Waals surface area contributed by atoms with Gasteiger partial charge in [0.15, 0.2) is 11.4 Å². The molecule has 0 aromatic rings. The van der Waals surface area contributed by atoms with E-state index >= 15 is 0 Å². The summed E-state index contributed by atoms with van der Waals surface area (Å²) in [5.74, 6) is 0.201. The lowest BCUT2D eigenvalue weighted by molar-refractivity contribution is -0.115. The molecule has 0 heterocycles.